The van der Waals surface area contributed by atoms with Crippen molar-refractivity contribution in [2.45, 2.75) is 26.1 Å². The zero-order valence-corrected chi connectivity index (χ0v) is 18.3. The predicted octanol–water partition coefficient (Wildman–Crippen LogP) is 5.59. The molecule has 3 rings (SSSR count). The van der Waals surface area contributed by atoms with E-state index in [0.717, 1.165) is 4.68 Å². The number of benzene rings is 2. The van der Waals surface area contributed by atoms with Gasteiger partial charge in [-0.25, -0.2) is 4.68 Å². The highest BCUT2D eigenvalue weighted by Crippen LogP contribution is 2.32. The van der Waals surface area contributed by atoms with Crippen LogP contribution in [0.2, 0.25) is 10.0 Å². The molecule has 0 unspecified atom stereocenters. The highest BCUT2D eigenvalue weighted by molar-refractivity contribution is 6.35. The maximum atomic E-state index is 13.3. The molecule has 0 aliphatic carbocycles. The fourth-order valence-electron chi connectivity index (χ4n) is 2.85. The van der Waals surface area contributed by atoms with E-state index in [1.54, 1.807) is 26.0 Å². The molecule has 32 heavy (non-hydrogen) atoms. The molecule has 2 N–H and O–H groups in total. The number of carbonyl (C=O) groups excluding carboxylic acids is 2. The van der Waals surface area contributed by atoms with E-state index < -0.39 is 29.4 Å². The normalized spacial score (nSPS) is 11.5. The summed E-state index contributed by atoms with van der Waals surface area (Å²) in [5, 5.41) is 8.77. The van der Waals surface area contributed by atoms with Crippen LogP contribution in [0.25, 0.3) is 5.69 Å². The number of anilines is 1. The number of rotatable bonds is 5. The number of hydrogen-bond acceptors (Lipinski definition) is 3. The number of carbonyl (C=O) groups is 2. The molecule has 2 amide bonds. The molecule has 0 aliphatic heterocycles. The maximum Gasteiger partial charge on any atom is 0.435 e. The van der Waals surface area contributed by atoms with Gasteiger partial charge in [0, 0.05) is 12.1 Å². The van der Waals surface area contributed by atoms with Gasteiger partial charge in [0.15, 0.2) is 5.69 Å². The molecule has 0 radical (unpaired) electrons. The monoisotopic (exact) mass is 484 g/mol. The van der Waals surface area contributed by atoms with E-state index in [-0.39, 0.29) is 33.0 Å². The first-order valence-corrected chi connectivity index (χ1v) is 10.1. The van der Waals surface area contributed by atoms with E-state index in [9.17, 15) is 22.8 Å². The molecular weight excluding hydrogens is 468 g/mol. The molecule has 3 aromatic rings. The second-order valence-corrected chi connectivity index (χ2v) is 7.83. The lowest BCUT2D eigenvalue weighted by Crippen LogP contribution is -2.31. The number of nitrogens with one attached hydrogen (secondary N) is 2. The number of para-hydroxylation sites is 2. The molecule has 0 atom stereocenters. The van der Waals surface area contributed by atoms with Gasteiger partial charge in [-0.3, -0.25) is 9.59 Å². The zero-order chi connectivity index (χ0) is 23.6. The predicted molar refractivity (Wildman–Crippen MR) is 116 cm³/mol. The van der Waals surface area contributed by atoms with Crippen LogP contribution in [0.15, 0.2) is 48.5 Å². The summed E-state index contributed by atoms with van der Waals surface area (Å²) in [6.07, 6.45) is -4.80. The molecule has 6 nitrogen and oxygen atoms in total. The minimum Gasteiger partial charge on any atom is -0.350 e. The van der Waals surface area contributed by atoms with Crippen molar-refractivity contribution in [3.63, 3.8) is 0 Å². The molecule has 0 saturated heterocycles. The van der Waals surface area contributed by atoms with Gasteiger partial charge in [-0.1, -0.05) is 41.4 Å². The first-order valence-electron chi connectivity index (χ1n) is 9.32. The van der Waals surface area contributed by atoms with Gasteiger partial charge in [0.2, 0.25) is 0 Å². The Morgan fingerprint density at radius 1 is 1.00 bits per heavy atom. The van der Waals surface area contributed by atoms with Crippen molar-refractivity contribution in [1.82, 2.24) is 15.1 Å². The average molecular weight is 485 g/mol. The Balaban J connectivity index is 2.07. The lowest BCUT2D eigenvalue weighted by Gasteiger charge is -2.15. The number of amides is 2. The van der Waals surface area contributed by atoms with Crippen LogP contribution in [0.1, 0.15) is 40.4 Å². The molecule has 0 aliphatic rings. The largest absolute Gasteiger partial charge is 0.435 e. The van der Waals surface area contributed by atoms with Gasteiger partial charge in [0.1, 0.15) is 5.69 Å². The summed E-state index contributed by atoms with van der Waals surface area (Å²) in [6, 6.07) is 10.8. The van der Waals surface area contributed by atoms with Gasteiger partial charge >= 0.3 is 6.18 Å². The minimum absolute atomic E-state index is 0.0367. The SMILES string of the molecule is CC(C)NC(=O)c1cccc(Cl)c1NC(=O)c1cc(C(F)(F)F)nn1-c1ccccc1Cl. The number of halogens is 5. The minimum atomic E-state index is -4.80. The quantitative estimate of drug-likeness (QED) is 0.495. The van der Waals surface area contributed by atoms with E-state index in [4.69, 9.17) is 23.2 Å². The molecular formula is C21H17Cl2F3N4O2. The summed E-state index contributed by atoms with van der Waals surface area (Å²) < 4.78 is 40.8. The number of alkyl halides is 3. The van der Waals surface area contributed by atoms with Crippen molar-refractivity contribution in [2.75, 3.05) is 5.32 Å². The van der Waals surface area contributed by atoms with Crippen molar-refractivity contribution in [3.8, 4) is 5.69 Å². The van der Waals surface area contributed by atoms with Crippen LogP contribution in [-0.4, -0.2) is 27.6 Å². The summed E-state index contributed by atoms with van der Waals surface area (Å²) in [5.74, 6) is -1.46. The van der Waals surface area contributed by atoms with Crippen molar-refractivity contribution in [2.24, 2.45) is 0 Å². The van der Waals surface area contributed by atoms with E-state index >= 15 is 0 Å². The molecule has 0 saturated carbocycles. The van der Waals surface area contributed by atoms with Crippen LogP contribution in [-0.2, 0) is 6.18 Å². The fraction of sp³-hybridized carbons (Fsp3) is 0.190. The van der Waals surface area contributed by atoms with Gasteiger partial charge in [0.25, 0.3) is 11.8 Å². The van der Waals surface area contributed by atoms with Crippen LogP contribution < -0.4 is 10.6 Å². The maximum absolute atomic E-state index is 13.3. The van der Waals surface area contributed by atoms with Crippen LogP contribution in [0, 0.1) is 0 Å². The van der Waals surface area contributed by atoms with E-state index in [0.29, 0.717) is 6.07 Å². The Kier molecular flexibility index (Phi) is 6.80. The van der Waals surface area contributed by atoms with Gasteiger partial charge in [-0.2, -0.15) is 18.3 Å². The summed E-state index contributed by atoms with van der Waals surface area (Å²) in [5.41, 5.74) is -1.64. The van der Waals surface area contributed by atoms with E-state index in [2.05, 4.69) is 15.7 Å². The van der Waals surface area contributed by atoms with Crippen molar-refractivity contribution >= 4 is 40.7 Å². The van der Waals surface area contributed by atoms with Gasteiger partial charge in [-0.05, 0) is 38.1 Å². The average Bonchev–Trinajstić information content (AvgIpc) is 3.15. The smallest absolute Gasteiger partial charge is 0.350 e. The summed E-state index contributed by atoms with van der Waals surface area (Å²) >= 11 is 12.3. The molecule has 0 bridgehead atoms. The second kappa shape index (κ2) is 9.22. The van der Waals surface area contributed by atoms with Crippen LogP contribution in [0.5, 0.6) is 0 Å². The second-order valence-electron chi connectivity index (χ2n) is 7.02. The van der Waals surface area contributed by atoms with E-state index in [1.807, 2.05) is 0 Å². The molecule has 0 fully saturated rings. The Bertz CT molecular complexity index is 1180. The third-order valence-electron chi connectivity index (χ3n) is 4.23. The Labute approximate surface area is 191 Å². The third-order valence-corrected chi connectivity index (χ3v) is 4.86. The van der Waals surface area contributed by atoms with Crippen molar-refractivity contribution < 1.29 is 22.8 Å². The third kappa shape index (κ3) is 5.05. The summed E-state index contributed by atoms with van der Waals surface area (Å²) in [6.45, 7) is 3.50. The lowest BCUT2D eigenvalue weighted by molar-refractivity contribution is -0.141. The lowest BCUT2D eigenvalue weighted by atomic mass is 10.1. The molecule has 1 aromatic heterocycles. The van der Waals surface area contributed by atoms with Gasteiger partial charge in [-0.15, -0.1) is 0 Å². The first kappa shape index (κ1) is 23.6. The molecule has 2 aromatic carbocycles. The topological polar surface area (TPSA) is 76.0 Å². The number of aromatic nitrogens is 2. The van der Waals surface area contributed by atoms with Gasteiger partial charge < -0.3 is 10.6 Å². The number of nitrogens with zero attached hydrogens (tertiary/aromatic N) is 2. The molecule has 1 heterocycles. The standard InChI is InChI=1S/C21H17Cl2F3N4O2/c1-11(2)27-19(31)12-6-5-8-14(23)18(12)28-20(32)16-10-17(21(24,25)26)29-30(16)15-9-4-3-7-13(15)22/h3-11H,1-2H3,(H,27,31)(H,28,32). The highest BCUT2D eigenvalue weighted by Gasteiger charge is 2.36. The summed E-state index contributed by atoms with van der Waals surface area (Å²) in [4.78, 5) is 25.5. The van der Waals surface area contributed by atoms with Crippen LogP contribution in [0.4, 0.5) is 18.9 Å². The first-order chi connectivity index (χ1) is 15.0. The van der Waals surface area contributed by atoms with Crippen molar-refractivity contribution in [3.05, 3.63) is 75.5 Å². The fourth-order valence-corrected chi connectivity index (χ4v) is 3.28. The Morgan fingerprint density at radius 2 is 1.66 bits per heavy atom. The van der Waals surface area contributed by atoms with E-state index in [1.165, 1.54) is 30.3 Å². The Hall–Kier alpha value is -3.04. The number of hydrogen-bond donors (Lipinski definition) is 2. The summed E-state index contributed by atoms with van der Waals surface area (Å²) in [7, 11) is 0. The Morgan fingerprint density at radius 3 is 2.28 bits per heavy atom. The van der Waals surface area contributed by atoms with Crippen molar-refractivity contribution in [1.29, 1.82) is 0 Å². The van der Waals surface area contributed by atoms with Gasteiger partial charge in [0.05, 0.1) is 27.0 Å². The highest BCUT2D eigenvalue weighted by atomic mass is 35.5. The molecule has 11 heteroatoms. The van der Waals surface area contributed by atoms with Crippen LogP contribution >= 0.6 is 23.2 Å². The van der Waals surface area contributed by atoms with Crippen LogP contribution in [0.3, 0.4) is 0 Å². The molecule has 168 valence electrons. The zero-order valence-electron chi connectivity index (χ0n) is 16.8. The molecule has 0 spiro atoms.